The second-order valence-electron chi connectivity index (χ2n) is 10.2. The first-order valence-corrected chi connectivity index (χ1v) is 14.7. The highest BCUT2D eigenvalue weighted by atomic mass is 28.4. The van der Waals surface area contributed by atoms with Crippen molar-refractivity contribution in [2.24, 2.45) is 0 Å². The van der Waals surface area contributed by atoms with Gasteiger partial charge in [-0.3, -0.25) is 19.1 Å². The number of carbonyl (C=O) groups excluding carboxylic acids is 1. The van der Waals surface area contributed by atoms with E-state index in [-0.39, 0.29) is 31.3 Å². The number of rotatable bonds is 11. The van der Waals surface area contributed by atoms with Gasteiger partial charge < -0.3 is 28.5 Å². The van der Waals surface area contributed by atoms with Gasteiger partial charge >= 0.3 is 11.7 Å². The Morgan fingerprint density at radius 3 is 2.49 bits per heavy atom. The number of aliphatic hydroxyl groups is 1. The van der Waals surface area contributed by atoms with Gasteiger partial charge in [-0.1, -0.05) is 20.8 Å². The maximum absolute atomic E-state index is 12.7. The van der Waals surface area contributed by atoms with E-state index in [4.69, 9.17) is 23.4 Å². The van der Waals surface area contributed by atoms with Crippen LogP contribution in [0.1, 0.15) is 45.9 Å². The van der Waals surface area contributed by atoms with Crippen LogP contribution in [0.15, 0.2) is 15.8 Å². The van der Waals surface area contributed by atoms with E-state index in [0.717, 1.165) is 0 Å². The van der Waals surface area contributed by atoms with Crippen LogP contribution in [0, 0.1) is 6.92 Å². The Kier molecular flexibility index (Phi) is 10.0. The second kappa shape index (κ2) is 11.9. The number of hydrogen-bond donors (Lipinski definition) is 2. The van der Waals surface area contributed by atoms with Gasteiger partial charge in [-0.25, -0.2) is 4.79 Å². The van der Waals surface area contributed by atoms with Crippen molar-refractivity contribution in [3.05, 3.63) is 32.6 Å². The zero-order chi connectivity index (χ0) is 26.6. The number of aromatic amines is 1. The van der Waals surface area contributed by atoms with Crippen molar-refractivity contribution in [3.63, 3.8) is 0 Å². The smallest absolute Gasteiger partial charge is 0.330 e. The first kappa shape index (κ1) is 29.4. The number of carbonyl (C=O) groups is 1. The summed E-state index contributed by atoms with van der Waals surface area (Å²) in [6.07, 6.45) is -3.85. The SMILES string of the molecule is CCOC(=O)CC(O)[C@H]1O[C@@H](n2cc(C)c(=O)[nH]c2=O)[C@H](OCCOC)[C@@H]1O[Si](C)(C)C(C)(C)C. The Morgan fingerprint density at radius 2 is 1.91 bits per heavy atom. The first-order chi connectivity index (χ1) is 16.2. The van der Waals surface area contributed by atoms with Crippen LogP contribution in [-0.2, 0) is 28.2 Å². The summed E-state index contributed by atoms with van der Waals surface area (Å²) in [4.78, 5) is 39.1. The number of aromatic nitrogens is 2. The summed E-state index contributed by atoms with van der Waals surface area (Å²) in [6.45, 7) is 14.2. The molecular weight excluding hydrogens is 476 g/mol. The number of aliphatic hydroxyl groups excluding tert-OH is 1. The van der Waals surface area contributed by atoms with E-state index in [2.05, 4.69) is 38.8 Å². The number of H-pyrrole nitrogens is 1. The molecule has 1 aliphatic rings. The third-order valence-electron chi connectivity index (χ3n) is 6.54. The lowest BCUT2D eigenvalue weighted by Crippen LogP contribution is -2.52. The quantitative estimate of drug-likeness (QED) is 0.254. The number of nitrogens with one attached hydrogen (secondary N) is 1. The van der Waals surface area contributed by atoms with Crippen molar-refractivity contribution in [1.82, 2.24) is 9.55 Å². The summed E-state index contributed by atoms with van der Waals surface area (Å²) in [5.41, 5.74) is -0.882. The third-order valence-corrected chi connectivity index (χ3v) is 11.0. The Morgan fingerprint density at radius 1 is 1.26 bits per heavy atom. The number of ether oxygens (including phenoxy) is 4. The van der Waals surface area contributed by atoms with Crippen molar-refractivity contribution in [2.45, 2.75) is 89.8 Å². The molecule has 200 valence electrons. The van der Waals surface area contributed by atoms with E-state index < -0.39 is 56.2 Å². The molecule has 1 saturated heterocycles. The molecular formula is C23H40N2O9Si. The van der Waals surface area contributed by atoms with Crippen LogP contribution in [0.25, 0.3) is 0 Å². The number of nitrogens with zero attached hydrogens (tertiary/aromatic N) is 1. The summed E-state index contributed by atoms with van der Waals surface area (Å²) in [5, 5.41) is 10.8. The number of methoxy groups -OCH3 is 1. The molecule has 2 N–H and O–H groups in total. The lowest BCUT2D eigenvalue weighted by molar-refractivity contribution is -0.150. The Hall–Kier alpha value is -1.83. The summed E-state index contributed by atoms with van der Waals surface area (Å²) < 4.78 is 30.3. The molecule has 1 aromatic heterocycles. The predicted octanol–water partition coefficient (Wildman–Crippen LogP) is 1.48. The van der Waals surface area contributed by atoms with Gasteiger partial charge in [-0.05, 0) is 32.0 Å². The maximum atomic E-state index is 12.7. The minimum atomic E-state index is -2.43. The molecule has 0 aromatic carbocycles. The molecule has 0 saturated carbocycles. The molecule has 0 radical (unpaired) electrons. The molecule has 2 rings (SSSR count). The van der Waals surface area contributed by atoms with Crippen molar-refractivity contribution in [3.8, 4) is 0 Å². The van der Waals surface area contributed by atoms with Gasteiger partial charge in [0, 0.05) is 18.9 Å². The standard InChI is InChI=1S/C23H40N2O9Si/c1-9-31-16(27)12-15(26)17-18(34-35(7,8)23(3,4)5)19(32-11-10-30-6)21(33-17)25-13-14(2)20(28)24-22(25)29/h13,15,17-19,21,26H,9-12H2,1-8H3,(H,24,28,29)/t15?,17-,18-,19-,21-/m1/s1. The highest BCUT2D eigenvalue weighted by Gasteiger charge is 2.54. The summed E-state index contributed by atoms with van der Waals surface area (Å²) in [7, 11) is -0.891. The number of hydrogen-bond acceptors (Lipinski definition) is 9. The van der Waals surface area contributed by atoms with E-state index in [9.17, 15) is 19.5 Å². The van der Waals surface area contributed by atoms with Gasteiger partial charge in [0.25, 0.3) is 5.56 Å². The van der Waals surface area contributed by atoms with E-state index in [1.165, 1.54) is 17.9 Å². The zero-order valence-corrected chi connectivity index (χ0v) is 23.0. The molecule has 5 atom stereocenters. The fourth-order valence-corrected chi connectivity index (χ4v) is 4.88. The Balaban J connectivity index is 2.55. The van der Waals surface area contributed by atoms with Gasteiger partial charge in [0.2, 0.25) is 0 Å². The topological polar surface area (TPSA) is 138 Å². The van der Waals surface area contributed by atoms with Crippen LogP contribution in [0.2, 0.25) is 18.1 Å². The fraction of sp³-hybridized carbons (Fsp3) is 0.783. The van der Waals surface area contributed by atoms with Crippen LogP contribution >= 0.6 is 0 Å². The van der Waals surface area contributed by atoms with Crippen LogP contribution in [0.5, 0.6) is 0 Å². The van der Waals surface area contributed by atoms with Gasteiger partial charge in [0.05, 0.1) is 32.3 Å². The normalized spacial score (nSPS) is 23.9. The fourth-order valence-electron chi connectivity index (χ4n) is 3.58. The molecule has 35 heavy (non-hydrogen) atoms. The van der Waals surface area contributed by atoms with Crippen molar-refractivity contribution < 1.29 is 33.3 Å². The van der Waals surface area contributed by atoms with Crippen LogP contribution < -0.4 is 11.2 Å². The van der Waals surface area contributed by atoms with Crippen LogP contribution in [0.3, 0.4) is 0 Å². The summed E-state index contributed by atoms with van der Waals surface area (Å²) in [6, 6.07) is 0. The lowest BCUT2D eigenvalue weighted by atomic mass is 10.0. The molecule has 1 unspecified atom stereocenters. The van der Waals surface area contributed by atoms with Crippen molar-refractivity contribution >= 4 is 14.3 Å². The van der Waals surface area contributed by atoms with Crippen LogP contribution in [-0.4, -0.2) is 80.3 Å². The second-order valence-corrected chi connectivity index (χ2v) is 15.0. The Bertz CT molecular complexity index is 969. The predicted molar refractivity (Wildman–Crippen MR) is 131 cm³/mol. The minimum Gasteiger partial charge on any atom is -0.466 e. The lowest BCUT2D eigenvalue weighted by Gasteiger charge is -2.41. The zero-order valence-electron chi connectivity index (χ0n) is 22.0. The average molecular weight is 517 g/mol. The summed E-state index contributed by atoms with van der Waals surface area (Å²) in [5.74, 6) is -0.577. The molecule has 1 aromatic rings. The molecule has 0 aliphatic carbocycles. The van der Waals surface area contributed by atoms with Gasteiger partial charge in [-0.15, -0.1) is 0 Å². The molecule has 0 spiro atoms. The molecule has 11 nitrogen and oxygen atoms in total. The van der Waals surface area contributed by atoms with E-state index in [1.54, 1.807) is 13.8 Å². The van der Waals surface area contributed by atoms with Crippen molar-refractivity contribution in [1.29, 1.82) is 0 Å². The average Bonchev–Trinajstić information content (AvgIpc) is 3.07. The molecule has 1 aliphatic heterocycles. The van der Waals surface area contributed by atoms with Gasteiger partial charge in [0.1, 0.15) is 18.3 Å². The molecule has 12 heteroatoms. The van der Waals surface area contributed by atoms with Crippen LogP contribution in [0.4, 0.5) is 0 Å². The number of esters is 1. The third kappa shape index (κ3) is 7.11. The highest BCUT2D eigenvalue weighted by Crippen LogP contribution is 2.42. The van der Waals surface area contributed by atoms with Gasteiger partial charge in [0.15, 0.2) is 14.5 Å². The monoisotopic (exact) mass is 516 g/mol. The van der Waals surface area contributed by atoms with E-state index in [1.807, 2.05) is 0 Å². The maximum Gasteiger partial charge on any atom is 0.330 e. The summed E-state index contributed by atoms with van der Waals surface area (Å²) >= 11 is 0. The minimum absolute atomic E-state index is 0.176. The largest absolute Gasteiger partial charge is 0.466 e. The van der Waals surface area contributed by atoms with Crippen molar-refractivity contribution in [2.75, 3.05) is 26.9 Å². The van der Waals surface area contributed by atoms with E-state index >= 15 is 0 Å². The Labute approximate surface area is 206 Å². The highest BCUT2D eigenvalue weighted by molar-refractivity contribution is 6.74. The van der Waals surface area contributed by atoms with E-state index in [0.29, 0.717) is 5.56 Å². The molecule has 2 heterocycles. The molecule has 0 amide bonds. The molecule has 1 fully saturated rings. The molecule has 0 bridgehead atoms. The van der Waals surface area contributed by atoms with Gasteiger partial charge in [-0.2, -0.15) is 0 Å². The first-order valence-electron chi connectivity index (χ1n) is 11.8. The number of aryl methyl sites for hydroxylation is 1.